The molecule has 2 fully saturated rings. The maximum Gasteiger partial charge on any atom is 0.328 e. The topological polar surface area (TPSA) is 53.5 Å². The zero-order chi connectivity index (χ0) is 17.6. The van der Waals surface area contributed by atoms with Gasteiger partial charge in [-0.3, -0.25) is 9.69 Å². The van der Waals surface area contributed by atoms with Crippen molar-refractivity contribution in [2.45, 2.75) is 38.3 Å². The number of fused-ring (bicyclic) bond motifs is 1. The number of benzene rings is 1. The minimum absolute atomic E-state index is 0.0688. The van der Waals surface area contributed by atoms with E-state index in [2.05, 4.69) is 4.98 Å². The minimum atomic E-state index is -0.618. The quantitative estimate of drug-likeness (QED) is 0.753. The molecule has 7 heteroatoms. The second kappa shape index (κ2) is 6.11. The molecule has 2 saturated heterocycles. The predicted octanol–water partition coefficient (Wildman–Crippen LogP) is 4.17. The van der Waals surface area contributed by atoms with E-state index < -0.39 is 5.54 Å². The smallest absolute Gasteiger partial charge is 0.310 e. The molecule has 0 radical (unpaired) electrons. The summed E-state index contributed by atoms with van der Waals surface area (Å²) in [6.07, 6.45) is 2.33. The lowest BCUT2D eigenvalue weighted by Crippen LogP contribution is -2.44. The fourth-order valence-electron chi connectivity index (χ4n) is 3.79. The SMILES string of the molecule is CCC12CCCN1C(=O)N(Cc1nc(-c3ccc(Cl)cc3)cs1)C2=O. The first-order valence-corrected chi connectivity index (χ1v) is 9.65. The van der Waals surface area contributed by atoms with Crippen LogP contribution in [-0.2, 0) is 11.3 Å². The highest BCUT2D eigenvalue weighted by molar-refractivity contribution is 7.09. The van der Waals surface area contributed by atoms with E-state index in [4.69, 9.17) is 11.6 Å². The summed E-state index contributed by atoms with van der Waals surface area (Å²) in [4.78, 5) is 33.3. The van der Waals surface area contributed by atoms with Gasteiger partial charge in [-0.2, -0.15) is 0 Å². The molecule has 5 nitrogen and oxygen atoms in total. The van der Waals surface area contributed by atoms with Crippen LogP contribution in [0, 0.1) is 0 Å². The van der Waals surface area contributed by atoms with Gasteiger partial charge in [-0.15, -0.1) is 11.3 Å². The number of imide groups is 1. The van der Waals surface area contributed by atoms with Crippen LogP contribution in [0.2, 0.25) is 5.02 Å². The molecule has 2 aromatic rings. The minimum Gasteiger partial charge on any atom is -0.310 e. The fraction of sp³-hybridized carbons (Fsp3) is 0.389. The maximum atomic E-state index is 12.9. The molecule has 3 heterocycles. The average molecular weight is 376 g/mol. The van der Waals surface area contributed by atoms with Crippen molar-refractivity contribution in [3.63, 3.8) is 0 Å². The van der Waals surface area contributed by atoms with Crippen LogP contribution in [0.3, 0.4) is 0 Å². The van der Waals surface area contributed by atoms with Crippen molar-refractivity contribution in [3.8, 4) is 11.3 Å². The molecule has 1 aromatic carbocycles. The van der Waals surface area contributed by atoms with Gasteiger partial charge in [0.1, 0.15) is 10.5 Å². The maximum absolute atomic E-state index is 12.9. The van der Waals surface area contributed by atoms with E-state index in [1.165, 1.54) is 16.2 Å². The number of aromatic nitrogens is 1. The van der Waals surface area contributed by atoms with E-state index in [1.807, 2.05) is 36.6 Å². The Labute approximate surface area is 155 Å². The van der Waals surface area contributed by atoms with Crippen LogP contribution in [0.15, 0.2) is 29.6 Å². The molecule has 130 valence electrons. The van der Waals surface area contributed by atoms with E-state index in [9.17, 15) is 9.59 Å². The number of thiazole rings is 1. The summed E-state index contributed by atoms with van der Waals surface area (Å²) in [5.74, 6) is -0.0688. The summed E-state index contributed by atoms with van der Waals surface area (Å²) in [5, 5.41) is 3.39. The first kappa shape index (κ1) is 16.5. The molecule has 0 spiro atoms. The molecule has 1 atom stereocenters. The third kappa shape index (κ3) is 2.55. The number of urea groups is 1. The van der Waals surface area contributed by atoms with Crippen LogP contribution in [0.25, 0.3) is 11.3 Å². The van der Waals surface area contributed by atoms with Crippen LogP contribution >= 0.6 is 22.9 Å². The fourth-order valence-corrected chi connectivity index (χ4v) is 4.71. The number of hydrogen-bond donors (Lipinski definition) is 0. The molecule has 25 heavy (non-hydrogen) atoms. The van der Waals surface area contributed by atoms with Crippen molar-refractivity contribution in [1.82, 2.24) is 14.8 Å². The molecule has 2 aliphatic heterocycles. The van der Waals surface area contributed by atoms with Gasteiger partial charge >= 0.3 is 6.03 Å². The predicted molar refractivity (Wildman–Crippen MR) is 97.5 cm³/mol. The van der Waals surface area contributed by atoms with Crippen LogP contribution < -0.4 is 0 Å². The molecule has 3 amide bonds. The zero-order valence-corrected chi connectivity index (χ0v) is 15.4. The number of halogens is 1. The summed E-state index contributed by atoms with van der Waals surface area (Å²) in [6.45, 7) is 2.89. The van der Waals surface area contributed by atoms with Gasteiger partial charge in [0, 0.05) is 22.5 Å². The highest BCUT2D eigenvalue weighted by Crippen LogP contribution is 2.40. The Hall–Kier alpha value is -1.92. The Morgan fingerprint density at radius 2 is 2.04 bits per heavy atom. The lowest BCUT2D eigenvalue weighted by atomic mass is 9.93. The van der Waals surface area contributed by atoms with Gasteiger partial charge in [-0.05, 0) is 31.4 Å². The van der Waals surface area contributed by atoms with Gasteiger partial charge in [0.2, 0.25) is 0 Å². The molecule has 0 aliphatic carbocycles. The molecule has 0 bridgehead atoms. The summed E-state index contributed by atoms with van der Waals surface area (Å²) >= 11 is 7.38. The molecule has 1 unspecified atom stereocenters. The first-order chi connectivity index (χ1) is 12.0. The van der Waals surface area contributed by atoms with Gasteiger partial charge in [-0.25, -0.2) is 9.78 Å². The van der Waals surface area contributed by atoms with Crippen molar-refractivity contribution in [2.75, 3.05) is 6.54 Å². The number of rotatable bonds is 4. The normalized spacial score (nSPS) is 22.8. The third-order valence-electron chi connectivity index (χ3n) is 5.16. The number of carbonyl (C=O) groups is 2. The Morgan fingerprint density at radius 3 is 2.72 bits per heavy atom. The van der Waals surface area contributed by atoms with Crippen LogP contribution in [0.1, 0.15) is 31.2 Å². The Kier molecular flexibility index (Phi) is 4.04. The van der Waals surface area contributed by atoms with E-state index in [0.717, 1.165) is 29.1 Å². The Morgan fingerprint density at radius 1 is 1.28 bits per heavy atom. The van der Waals surface area contributed by atoms with Crippen molar-refractivity contribution in [3.05, 3.63) is 39.7 Å². The van der Waals surface area contributed by atoms with Gasteiger partial charge < -0.3 is 4.90 Å². The number of nitrogens with zero attached hydrogens (tertiary/aromatic N) is 3. The lowest BCUT2D eigenvalue weighted by Gasteiger charge is -2.26. The average Bonchev–Trinajstić information content (AvgIpc) is 3.30. The highest BCUT2D eigenvalue weighted by Gasteiger charge is 2.58. The van der Waals surface area contributed by atoms with Crippen LogP contribution in [0.4, 0.5) is 4.79 Å². The molecule has 1 aromatic heterocycles. The largest absolute Gasteiger partial charge is 0.328 e. The van der Waals surface area contributed by atoms with Gasteiger partial charge in [0.25, 0.3) is 5.91 Å². The molecule has 0 N–H and O–H groups in total. The van der Waals surface area contributed by atoms with Crippen LogP contribution in [0.5, 0.6) is 0 Å². The highest BCUT2D eigenvalue weighted by atomic mass is 35.5. The monoisotopic (exact) mass is 375 g/mol. The standard InChI is InChI=1S/C18H18ClN3O2S/c1-2-18-8-3-9-22(18)17(24)21(16(18)23)10-15-20-14(11-25-15)12-4-6-13(19)7-5-12/h4-7,11H,2-3,8-10H2,1H3. The van der Waals surface area contributed by atoms with E-state index >= 15 is 0 Å². The summed E-state index contributed by atoms with van der Waals surface area (Å²) < 4.78 is 0. The molecular formula is C18H18ClN3O2S. The number of hydrogen-bond acceptors (Lipinski definition) is 4. The van der Waals surface area contributed by atoms with Gasteiger partial charge in [-0.1, -0.05) is 30.7 Å². The van der Waals surface area contributed by atoms with Crippen molar-refractivity contribution >= 4 is 34.9 Å². The van der Waals surface area contributed by atoms with Crippen molar-refractivity contribution in [1.29, 1.82) is 0 Å². The number of amides is 3. The zero-order valence-electron chi connectivity index (χ0n) is 13.9. The Balaban J connectivity index is 1.56. The third-order valence-corrected chi connectivity index (χ3v) is 6.25. The van der Waals surface area contributed by atoms with E-state index in [0.29, 0.717) is 18.0 Å². The summed E-state index contributed by atoms with van der Waals surface area (Å²) in [7, 11) is 0. The molecular weight excluding hydrogens is 358 g/mol. The van der Waals surface area contributed by atoms with Crippen molar-refractivity contribution < 1.29 is 9.59 Å². The van der Waals surface area contributed by atoms with Gasteiger partial charge in [0.05, 0.1) is 12.2 Å². The summed E-state index contributed by atoms with van der Waals surface area (Å²) in [5.41, 5.74) is 1.19. The number of carbonyl (C=O) groups excluding carboxylic acids is 2. The van der Waals surface area contributed by atoms with E-state index in [-0.39, 0.29) is 18.5 Å². The second-order valence-electron chi connectivity index (χ2n) is 6.45. The Bertz CT molecular complexity index is 835. The first-order valence-electron chi connectivity index (χ1n) is 8.39. The second-order valence-corrected chi connectivity index (χ2v) is 7.83. The molecule has 2 aliphatic rings. The molecule has 4 rings (SSSR count). The van der Waals surface area contributed by atoms with Gasteiger partial charge in [0.15, 0.2) is 0 Å². The summed E-state index contributed by atoms with van der Waals surface area (Å²) in [6, 6.07) is 7.30. The molecule has 0 saturated carbocycles. The van der Waals surface area contributed by atoms with E-state index in [1.54, 1.807) is 4.90 Å². The van der Waals surface area contributed by atoms with Crippen LogP contribution in [-0.4, -0.2) is 38.8 Å². The lowest BCUT2D eigenvalue weighted by molar-refractivity contribution is -0.133. The van der Waals surface area contributed by atoms with Crippen molar-refractivity contribution in [2.24, 2.45) is 0 Å².